The summed E-state index contributed by atoms with van der Waals surface area (Å²) < 4.78 is 5.75. The monoisotopic (exact) mass is 310 g/mol. The van der Waals surface area contributed by atoms with Crippen LogP contribution in [-0.2, 0) is 6.61 Å². The van der Waals surface area contributed by atoms with Crippen LogP contribution in [0.4, 0.5) is 0 Å². The van der Waals surface area contributed by atoms with Gasteiger partial charge >= 0.3 is 0 Å². The van der Waals surface area contributed by atoms with Gasteiger partial charge in [-0.05, 0) is 48.7 Å². The largest absolute Gasteiger partial charge is 0.489 e. The first-order valence-electron chi connectivity index (χ1n) is 8.02. The van der Waals surface area contributed by atoms with Crippen LogP contribution in [0.15, 0.2) is 54.6 Å². The van der Waals surface area contributed by atoms with Crippen LogP contribution in [0.1, 0.15) is 22.3 Å². The second-order valence-electron chi connectivity index (χ2n) is 5.94. The Kier molecular flexibility index (Phi) is 4.93. The first-order chi connectivity index (χ1) is 11.3. The number of ether oxygens (including phenoxy) is 1. The molecule has 0 aromatic heterocycles. The van der Waals surface area contributed by atoms with Crippen molar-refractivity contribution in [1.82, 2.24) is 4.90 Å². The molecule has 4 nitrogen and oxygen atoms in total. The molecule has 0 radical (unpaired) electrons. The van der Waals surface area contributed by atoms with E-state index < -0.39 is 0 Å². The zero-order chi connectivity index (χ0) is 16.1. The predicted molar refractivity (Wildman–Crippen MR) is 90.3 cm³/mol. The molecule has 1 unspecified atom stereocenters. The number of amides is 1. The number of carbonyl (C=O) groups excluding carboxylic acids is 1. The van der Waals surface area contributed by atoms with Gasteiger partial charge in [0.05, 0.1) is 0 Å². The third-order valence-corrected chi connectivity index (χ3v) is 4.26. The number of rotatable bonds is 5. The van der Waals surface area contributed by atoms with Crippen LogP contribution in [-0.4, -0.2) is 30.4 Å². The van der Waals surface area contributed by atoms with E-state index in [4.69, 9.17) is 10.5 Å². The molecule has 1 aliphatic rings. The Morgan fingerprint density at radius 3 is 2.52 bits per heavy atom. The molecule has 1 atom stereocenters. The molecular weight excluding hydrogens is 288 g/mol. The maximum absolute atomic E-state index is 12.4. The minimum Gasteiger partial charge on any atom is -0.489 e. The summed E-state index contributed by atoms with van der Waals surface area (Å²) in [5.41, 5.74) is 7.51. The average molecular weight is 310 g/mol. The minimum atomic E-state index is 0.0792. The number of benzene rings is 2. The normalized spacial score (nSPS) is 17.3. The Balaban J connectivity index is 1.57. The topological polar surface area (TPSA) is 55.6 Å². The molecule has 0 bridgehead atoms. The van der Waals surface area contributed by atoms with Crippen LogP contribution in [0.5, 0.6) is 5.75 Å². The molecule has 3 rings (SSSR count). The van der Waals surface area contributed by atoms with E-state index in [9.17, 15) is 4.79 Å². The third-order valence-electron chi connectivity index (χ3n) is 4.26. The number of likely N-dealkylation sites (tertiary alicyclic amines) is 1. The van der Waals surface area contributed by atoms with E-state index >= 15 is 0 Å². The Bertz CT molecular complexity index is 640. The quantitative estimate of drug-likeness (QED) is 0.924. The van der Waals surface area contributed by atoms with E-state index in [1.807, 2.05) is 59.5 Å². The standard InChI is InChI=1S/C19H22N2O2/c20-12-16-10-11-21(13-16)19(22)17-6-8-18(9-7-17)23-14-15-4-2-1-3-5-15/h1-9,16H,10-14,20H2. The fraction of sp³-hybridized carbons (Fsp3) is 0.316. The molecule has 1 fully saturated rings. The van der Waals surface area contributed by atoms with Gasteiger partial charge in [-0.3, -0.25) is 4.79 Å². The van der Waals surface area contributed by atoms with Gasteiger partial charge in [-0.2, -0.15) is 0 Å². The maximum atomic E-state index is 12.4. The number of carbonyl (C=O) groups is 1. The molecule has 2 aromatic carbocycles. The van der Waals surface area contributed by atoms with Gasteiger partial charge in [-0.25, -0.2) is 0 Å². The van der Waals surface area contributed by atoms with Gasteiger partial charge in [0.1, 0.15) is 12.4 Å². The zero-order valence-corrected chi connectivity index (χ0v) is 13.2. The van der Waals surface area contributed by atoms with Crippen molar-refractivity contribution in [1.29, 1.82) is 0 Å². The summed E-state index contributed by atoms with van der Waals surface area (Å²) in [6.07, 6.45) is 1.00. The second kappa shape index (κ2) is 7.29. The summed E-state index contributed by atoms with van der Waals surface area (Å²) in [7, 11) is 0. The van der Waals surface area contributed by atoms with Crippen LogP contribution < -0.4 is 10.5 Å². The highest BCUT2D eigenvalue weighted by Crippen LogP contribution is 2.20. The summed E-state index contributed by atoms with van der Waals surface area (Å²) in [5, 5.41) is 0. The Labute approximate surface area is 136 Å². The fourth-order valence-electron chi connectivity index (χ4n) is 2.83. The molecule has 120 valence electrons. The van der Waals surface area contributed by atoms with Crippen LogP contribution in [0.25, 0.3) is 0 Å². The Morgan fingerprint density at radius 1 is 1.13 bits per heavy atom. The van der Waals surface area contributed by atoms with Crippen molar-refractivity contribution in [3.63, 3.8) is 0 Å². The highest BCUT2D eigenvalue weighted by atomic mass is 16.5. The smallest absolute Gasteiger partial charge is 0.253 e. The van der Waals surface area contributed by atoms with Crippen molar-refractivity contribution in [2.45, 2.75) is 13.0 Å². The van der Waals surface area contributed by atoms with Crippen molar-refractivity contribution in [3.05, 3.63) is 65.7 Å². The van der Waals surface area contributed by atoms with Crippen LogP contribution >= 0.6 is 0 Å². The molecule has 2 N–H and O–H groups in total. The highest BCUT2D eigenvalue weighted by Gasteiger charge is 2.25. The lowest BCUT2D eigenvalue weighted by Gasteiger charge is -2.16. The molecule has 2 aromatic rings. The molecule has 0 aliphatic carbocycles. The van der Waals surface area contributed by atoms with Crippen LogP contribution in [0.2, 0.25) is 0 Å². The van der Waals surface area contributed by atoms with Gasteiger partial charge in [0, 0.05) is 18.7 Å². The molecule has 1 saturated heterocycles. The van der Waals surface area contributed by atoms with Crippen molar-refractivity contribution < 1.29 is 9.53 Å². The summed E-state index contributed by atoms with van der Waals surface area (Å²) in [6.45, 7) is 2.74. The van der Waals surface area contributed by atoms with E-state index in [1.165, 1.54) is 0 Å². The lowest BCUT2D eigenvalue weighted by atomic mass is 10.1. The number of nitrogens with zero attached hydrogens (tertiary/aromatic N) is 1. The first-order valence-corrected chi connectivity index (χ1v) is 8.02. The maximum Gasteiger partial charge on any atom is 0.253 e. The van der Waals surface area contributed by atoms with Gasteiger partial charge in [0.2, 0.25) is 0 Å². The number of hydrogen-bond acceptors (Lipinski definition) is 3. The molecule has 1 aliphatic heterocycles. The molecule has 0 spiro atoms. The van der Waals surface area contributed by atoms with Crippen molar-refractivity contribution in [2.24, 2.45) is 11.7 Å². The molecule has 1 amide bonds. The lowest BCUT2D eigenvalue weighted by Crippen LogP contribution is -2.29. The molecule has 1 heterocycles. The van der Waals surface area contributed by atoms with E-state index in [0.29, 0.717) is 24.6 Å². The van der Waals surface area contributed by atoms with Gasteiger partial charge in [0.25, 0.3) is 5.91 Å². The summed E-state index contributed by atoms with van der Waals surface area (Å²) in [4.78, 5) is 14.3. The summed E-state index contributed by atoms with van der Waals surface area (Å²) in [6, 6.07) is 17.4. The van der Waals surface area contributed by atoms with Crippen LogP contribution in [0.3, 0.4) is 0 Å². The molecule has 0 saturated carbocycles. The van der Waals surface area contributed by atoms with Gasteiger partial charge < -0.3 is 15.4 Å². The second-order valence-corrected chi connectivity index (χ2v) is 5.94. The first kappa shape index (κ1) is 15.6. The lowest BCUT2D eigenvalue weighted by molar-refractivity contribution is 0.0787. The number of hydrogen-bond donors (Lipinski definition) is 1. The van der Waals surface area contributed by atoms with E-state index in [2.05, 4.69) is 0 Å². The predicted octanol–water partition coefficient (Wildman–Crippen LogP) is 2.69. The molecule has 4 heteroatoms. The van der Waals surface area contributed by atoms with Gasteiger partial charge in [0.15, 0.2) is 0 Å². The summed E-state index contributed by atoms with van der Waals surface area (Å²) >= 11 is 0. The van der Waals surface area contributed by atoms with E-state index in [0.717, 1.165) is 30.8 Å². The molecule has 23 heavy (non-hydrogen) atoms. The Morgan fingerprint density at radius 2 is 1.87 bits per heavy atom. The van der Waals surface area contributed by atoms with E-state index in [1.54, 1.807) is 0 Å². The highest BCUT2D eigenvalue weighted by molar-refractivity contribution is 5.94. The van der Waals surface area contributed by atoms with E-state index in [-0.39, 0.29) is 5.91 Å². The average Bonchev–Trinajstić information content (AvgIpc) is 3.10. The SMILES string of the molecule is NCC1CCN(C(=O)c2ccc(OCc3ccccc3)cc2)C1. The van der Waals surface area contributed by atoms with Crippen molar-refractivity contribution in [3.8, 4) is 5.75 Å². The third kappa shape index (κ3) is 3.90. The molecular formula is C19H22N2O2. The van der Waals surface area contributed by atoms with Gasteiger partial charge in [-0.1, -0.05) is 30.3 Å². The van der Waals surface area contributed by atoms with Crippen LogP contribution in [0, 0.1) is 5.92 Å². The fourth-order valence-corrected chi connectivity index (χ4v) is 2.83. The van der Waals surface area contributed by atoms with Gasteiger partial charge in [-0.15, -0.1) is 0 Å². The summed E-state index contributed by atoms with van der Waals surface area (Å²) in [5.74, 6) is 1.29. The zero-order valence-electron chi connectivity index (χ0n) is 13.2. The van der Waals surface area contributed by atoms with Crippen molar-refractivity contribution >= 4 is 5.91 Å². The van der Waals surface area contributed by atoms with Crippen molar-refractivity contribution in [2.75, 3.05) is 19.6 Å². The number of nitrogens with two attached hydrogens (primary N) is 1. The Hall–Kier alpha value is -2.33. The minimum absolute atomic E-state index is 0.0792.